The molecule has 1 unspecified atom stereocenters. The lowest BCUT2D eigenvalue weighted by Crippen LogP contribution is -2.28. The zero-order valence-corrected chi connectivity index (χ0v) is 10.1. The van der Waals surface area contributed by atoms with Crippen LogP contribution in [-0.2, 0) is 0 Å². The Labute approximate surface area is 89.1 Å². The van der Waals surface area contributed by atoms with Crippen molar-refractivity contribution < 1.29 is 0 Å². The monoisotopic (exact) mass is 198 g/mol. The van der Waals surface area contributed by atoms with Gasteiger partial charge in [0.1, 0.15) is 0 Å². The Hall–Kier alpha value is -0.0800. The summed E-state index contributed by atoms with van der Waals surface area (Å²) in [6.45, 7) is 8.15. The van der Waals surface area contributed by atoms with Gasteiger partial charge in [-0.1, -0.05) is 6.92 Å². The quantitative estimate of drug-likeness (QED) is 0.642. The van der Waals surface area contributed by atoms with Crippen LogP contribution in [0.5, 0.6) is 0 Å². The minimum absolute atomic E-state index is 0.689. The fraction of sp³-hybridized carbons (Fsp3) is 1.00. The first kappa shape index (κ1) is 12.0. The predicted octanol–water partition coefficient (Wildman–Crippen LogP) is 2.11. The Morgan fingerprint density at radius 3 is 2.71 bits per heavy atom. The van der Waals surface area contributed by atoms with E-state index in [1.165, 1.54) is 38.8 Å². The Bertz CT molecular complexity index is 143. The molecule has 0 aromatic rings. The van der Waals surface area contributed by atoms with E-state index in [4.69, 9.17) is 0 Å². The summed E-state index contributed by atoms with van der Waals surface area (Å²) in [5.41, 5.74) is 0. The van der Waals surface area contributed by atoms with E-state index in [1.807, 2.05) is 0 Å². The molecule has 0 aromatic heterocycles. The number of rotatable bonds is 8. The number of nitrogens with zero attached hydrogens (tertiary/aromatic N) is 1. The lowest BCUT2D eigenvalue weighted by Gasteiger charge is -2.18. The fourth-order valence-corrected chi connectivity index (χ4v) is 1.95. The molecule has 0 radical (unpaired) electrons. The van der Waals surface area contributed by atoms with Crippen molar-refractivity contribution in [2.75, 3.05) is 26.7 Å². The molecular weight excluding hydrogens is 172 g/mol. The molecular formula is C12H26N2. The van der Waals surface area contributed by atoms with Crippen molar-refractivity contribution in [3.63, 3.8) is 0 Å². The highest BCUT2D eigenvalue weighted by Gasteiger charge is 2.22. The Balaban J connectivity index is 1.90. The van der Waals surface area contributed by atoms with E-state index >= 15 is 0 Å². The molecule has 1 atom stereocenters. The van der Waals surface area contributed by atoms with Gasteiger partial charge >= 0.3 is 0 Å². The highest BCUT2D eigenvalue weighted by atomic mass is 15.1. The molecule has 2 nitrogen and oxygen atoms in total. The van der Waals surface area contributed by atoms with Crippen LogP contribution in [0.3, 0.4) is 0 Å². The molecule has 1 fully saturated rings. The van der Waals surface area contributed by atoms with E-state index in [0.29, 0.717) is 6.04 Å². The third-order valence-electron chi connectivity index (χ3n) is 3.00. The van der Waals surface area contributed by atoms with Crippen molar-refractivity contribution >= 4 is 0 Å². The smallest absolute Gasteiger partial charge is 0.00390 e. The SMILES string of the molecule is CCNC(C)CCCN(C)CC1CC1. The molecule has 1 aliphatic carbocycles. The average molecular weight is 198 g/mol. The summed E-state index contributed by atoms with van der Waals surface area (Å²) in [5, 5.41) is 3.45. The van der Waals surface area contributed by atoms with Gasteiger partial charge in [-0.3, -0.25) is 0 Å². The molecule has 84 valence electrons. The molecule has 0 aromatic carbocycles. The second kappa shape index (κ2) is 6.41. The van der Waals surface area contributed by atoms with E-state index in [1.54, 1.807) is 0 Å². The van der Waals surface area contributed by atoms with Crippen LogP contribution in [0.2, 0.25) is 0 Å². The first-order chi connectivity index (χ1) is 6.72. The summed E-state index contributed by atoms with van der Waals surface area (Å²) in [6, 6.07) is 0.689. The largest absolute Gasteiger partial charge is 0.315 e. The maximum Gasteiger partial charge on any atom is 0.00390 e. The molecule has 0 aliphatic heterocycles. The van der Waals surface area contributed by atoms with Crippen molar-refractivity contribution in [2.24, 2.45) is 5.92 Å². The predicted molar refractivity (Wildman–Crippen MR) is 62.6 cm³/mol. The molecule has 2 heteroatoms. The van der Waals surface area contributed by atoms with Gasteiger partial charge in [-0.15, -0.1) is 0 Å². The molecule has 1 N–H and O–H groups in total. The van der Waals surface area contributed by atoms with Crippen LogP contribution in [0, 0.1) is 5.92 Å². The average Bonchev–Trinajstić information content (AvgIpc) is 2.88. The number of hydrogen-bond donors (Lipinski definition) is 1. The summed E-state index contributed by atoms with van der Waals surface area (Å²) in [5.74, 6) is 1.03. The van der Waals surface area contributed by atoms with Crippen LogP contribution in [-0.4, -0.2) is 37.6 Å². The molecule has 1 rings (SSSR count). The van der Waals surface area contributed by atoms with Gasteiger partial charge in [0.05, 0.1) is 0 Å². The Morgan fingerprint density at radius 2 is 2.14 bits per heavy atom. The molecule has 0 spiro atoms. The molecule has 14 heavy (non-hydrogen) atoms. The molecule has 0 amide bonds. The Kier molecular flexibility index (Phi) is 5.49. The number of hydrogen-bond acceptors (Lipinski definition) is 2. The molecule has 0 saturated heterocycles. The topological polar surface area (TPSA) is 15.3 Å². The minimum atomic E-state index is 0.689. The lowest BCUT2D eigenvalue weighted by molar-refractivity contribution is 0.306. The highest BCUT2D eigenvalue weighted by molar-refractivity contribution is 4.76. The first-order valence-electron chi connectivity index (χ1n) is 6.14. The van der Waals surface area contributed by atoms with E-state index in [2.05, 4.69) is 31.1 Å². The van der Waals surface area contributed by atoms with Gasteiger partial charge in [-0.2, -0.15) is 0 Å². The fourth-order valence-electron chi connectivity index (χ4n) is 1.95. The van der Waals surface area contributed by atoms with Crippen LogP contribution in [0.25, 0.3) is 0 Å². The van der Waals surface area contributed by atoms with Gasteiger partial charge in [-0.05, 0) is 58.7 Å². The molecule has 0 bridgehead atoms. The number of nitrogens with one attached hydrogen (secondary N) is 1. The summed E-state index contributed by atoms with van der Waals surface area (Å²) in [4.78, 5) is 2.50. The molecule has 1 saturated carbocycles. The van der Waals surface area contributed by atoms with Crippen LogP contribution in [0.1, 0.15) is 39.5 Å². The normalized spacial score (nSPS) is 18.9. The Morgan fingerprint density at radius 1 is 1.43 bits per heavy atom. The van der Waals surface area contributed by atoms with Crippen molar-refractivity contribution in [1.29, 1.82) is 0 Å². The van der Waals surface area contributed by atoms with Crippen LogP contribution < -0.4 is 5.32 Å². The molecule has 0 heterocycles. The second-order valence-corrected chi connectivity index (χ2v) is 4.81. The summed E-state index contributed by atoms with van der Waals surface area (Å²) < 4.78 is 0. The third kappa shape index (κ3) is 5.61. The van der Waals surface area contributed by atoms with Gasteiger partial charge in [0.15, 0.2) is 0 Å². The first-order valence-corrected chi connectivity index (χ1v) is 6.14. The summed E-state index contributed by atoms with van der Waals surface area (Å²) in [7, 11) is 2.26. The van der Waals surface area contributed by atoms with Crippen molar-refractivity contribution in [3.05, 3.63) is 0 Å². The second-order valence-electron chi connectivity index (χ2n) is 4.81. The van der Waals surface area contributed by atoms with Crippen LogP contribution in [0.4, 0.5) is 0 Å². The highest BCUT2D eigenvalue weighted by Crippen LogP contribution is 2.29. The maximum absolute atomic E-state index is 3.45. The van der Waals surface area contributed by atoms with Gasteiger partial charge in [0, 0.05) is 12.6 Å². The summed E-state index contributed by atoms with van der Waals surface area (Å²) >= 11 is 0. The van der Waals surface area contributed by atoms with Gasteiger partial charge in [0.25, 0.3) is 0 Å². The van der Waals surface area contributed by atoms with Gasteiger partial charge in [-0.25, -0.2) is 0 Å². The third-order valence-corrected chi connectivity index (χ3v) is 3.00. The van der Waals surface area contributed by atoms with Crippen molar-refractivity contribution in [2.45, 2.75) is 45.6 Å². The molecule has 1 aliphatic rings. The van der Waals surface area contributed by atoms with E-state index in [9.17, 15) is 0 Å². The van der Waals surface area contributed by atoms with Gasteiger partial charge in [0.2, 0.25) is 0 Å². The van der Waals surface area contributed by atoms with Crippen LogP contribution in [0.15, 0.2) is 0 Å². The minimum Gasteiger partial charge on any atom is -0.315 e. The standard InChI is InChI=1S/C12H26N2/c1-4-13-11(2)6-5-9-14(3)10-12-7-8-12/h11-13H,4-10H2,1-3H3. The zero-order chi connectivity index (χ0) is 10.4. The van der Waals surface area contributed by atoms with Crippen molar-refractivity contribution in [3.8, 4) is 0 Å². The maximum atomic E-state index is 3.45. The van der Waals surface area contributed by atoms with E-state index in [-0.39, 0.29) is 0 Å². The van der Waals surface area contributed by atoms with E-state index in [0.717, 1.165) is 12.5 Å². The van der Waals surface area contributed by atoms with Gasteiger partial charge < -0.3 is 10.2 Å². The summed E-state index contributed by atoms with van der Waals surface area (Å²) in [6.07, 6.45) is 5.58. The lowest BCUT2D eigenvalue weighted by atomic mass is 10.2. The van der Waals surface area contributed by atoms with Crippen LogP contribution >= 0.6 is 0 Å². The van der Waals surface area contributed by atoms with E-state index < -0.39 is 0 Å². The zero-order valence-electron chi connectivity index (χ0n) is 10.1. The van der Waals surface area contributed by atoms with Crippen molar-refractivity contribution in [1.82, 2.24) is 10.2 Å².